The van der Waals surface area contributed by atoms with Gasteiger partial charge in [-0.2, -0.15) is 5.10 Å². The molecule has 6 nitrogen and oxygen atoms in total. The zero-order valence-corrected chi connectivity index (χ0v) is 17.6. The van der Waals surface area contributed by atoms with Crippen LogP contribution in [0, 0.1) is 0 Å². The molecular weight excluding hydrogens is 378 g/mol. The number of hydrogen-bond acceptors (Lipinski definition) is 5. The van der Waals surface area contributed by atoms with Gasteiger partial charge >= 0.3 is 0 Å². The summed E-state index contributed by atoms with van der Waals surface area (Å²) in [4.78, 5) is 2.41. The SMILES string of the molecule is COc1cccc(CN(Cc2cn[nH]c2-c2ccccc2)CC2CCCO2)c1OC. The van der Waals surface area contributed by atoms with Gasteiger partial charge in [-0.25, -0.2) is 0 Å². The molecule has 4 rings (SSSR count). The molecule has 1 fully saturated rings. The summed E-state index contributed by atoms with van der Waals surface area (Å²) in [5.74, 6) is 1.54. The second-order valence-corrected chi connectivity index (χ2v) is 7.59. The van der Waals surface area contributed by atoms with Gasteiger partial charge in [0.05, 0.1) is 32.2 Å². The molecule has 2 heterocycles. The van der Waals surface area contributed by atoms with Crippen molar-refractivity contribution in [2.45, 2.75) is 32.0 Å². The molecule has 0 spiro atoms. The summed E-state index contributed by atoms with van der Waals surface area (Å²) in [6, 6.07) is 16.4. The van der Waals surface area contributed by atoms with Crippen LogP contribution < -0.4 is 9.47 Å². The van der Waals surface area contributed by atoms with E-state index in [4.69, 9.17) is 14.2 Å². The molecule has 6 heteroatoms. The van der Waals surface area contributed by atoms with Crippen LogP contribution in [0.5, 0.6) is 11.5 Å². The highest BCUT2D eigenvalue weighted by molar-refractivity contribution is 5.62. The number of para-hydroxylation sites is 1. The van der Waals surface area contributed by atoms with Gasteiger partial charge < -0.3 is 14.2 Å². The fraction of sp³-hybridized carbons (Fsp3) is 0.375. The summed E-state index contributed by atoms with van der Waals surface area (Å²) in [5, 5.41) is 7.50. The van der Waals surface area contributed by atoms with E-state index in [1.165, 1.54) is 5.56 Å². The van der Waals surface area contributed by atoms with Crippen LogP contribution in [0.15, 0.2) is 54.7 Å². The minimum atomic E-state index is 0.258. The van der Waals surface area contributed by atoms with Crippen LogP contribution in [0.25, 0.3) is 11.3 Å². The average molecular weight is 408 g/mol. The van der Waals surface area contributed by atoms with Crippen molar-refractivity contribution in [1.82, 2.24) is 15.1 Å². The highest BCUT2D eigenvalue weighted by atomic mass is 16.5. The molecule has 1 aliphatic heterocycles. The van der Waals surface area contributed by atoms with Gasteiger partial charge in [-0.3, -0.25) is 10.00 Å². The highest BCUT2D eigenvalue weighted by Crippen LogP contribution is 2.32. The standard InChI is InChI=1S/C24H29N3O3/c1-28-22-12-6-10-19(24(22)29-2)15-27(17-21-11-7-13-30-21)16-20-14-25-26-23(20)18-8-4-3-5-9-18/h3-6,8-10,12,14,21H,7,11,13,15-17H2,1-2H3,(H,25,26). The van der Waals surface area contributed by atoms with Crippen molar-refractivity contribution in [2.75, 3.05) is 27.4 Å². The Kier molecular flexibility index (Phi) is 6.67. The lowest BCUT2D eigenvalue weighted by Gasteiger charge is -2.26. The molecule has 0 amide bonds. The Morgan fingerprint density at radius 1 is 1.03 bits per heavy atom. The number of benzene rings is 2. The summed E-state index contributed by atoms with van der Waals surface area (Å²) >= 11 is 0. The van der Waals surface area contributed by atoms with Gasteiger partial charge in [0.25, 0.3) is 0 Å². The summed E-state index contributed by atoms with van der Waals surface area (Å²) in [6.45, 7) is 3.21. The maximum atomic E-state index is 5.94. The quantitative estimate of drug-likeness (QED) is 0.574. The molecule has 3 aromatic rings. The van der Waals surface area contributed by atoms with Crippen molar-refractivity contribution < 1.29 is 14.2 Å². The topological polar surface area (TPSA) is 59.6 Å². The first-order chi connectivity index (χ1) is 14.8. The molecule has 30 heavy (non-hydrogen) atoms. The van der Waals surface area contributed by atoms with Gasteiger partial charge in [0.1, 0.15) is 0 Å². The number of methoxy groups -OCH3 is 2. The predicted octanol–water partition coefficient (Wildman–Crippen LogP) is 4.28. The van der Waals surface area contributed by atoms with Gasteiger partial charge in [0.2, 0.25) is 0 Å². The zero-order valence-electron chi connectivity index (χ0n) is 17.6. The van der Waals surface area contributed by atoms with Gasteiger partial charge in [-0.05, 0) is 24.5 Å². The number of rotatable bonds is 9. The van der Waals surface area contributed by atoms with Gasteiger partial charge in [0, 0.05) is 37.4 Å². The third kappa shape index (κ3) is 4.66. The van der Waals surface area contributed by atoms with E-state index in [-0.39, 0.29) is 6.10 Å². The van der Waals surface area contributed by atoms with Crippen molar-refractivity contribution in [1.29, 1.82) is 0 Å². The van der Waals surface area contributed by atoms with Crippen LogP contribution in [0.3, 0.4) is 0 Å². The van der Waals surface area contributed by atoms with Gasteiger partial charge in [-0.1, -0.05) is 42.5 Å². The Morgan fingerprint density at radius 3 is 2.60 bits per heavy atom. The molecule has 1 N–H and O–H groups in total. The molecule has 0 bridgehead atoms. The third-order valence-electron chi connectivity index (χ3n) is 5.54. The summed E-state index contributed by atoms with van der Waals surface area (Å²) < 4.78 is 17.1. The monoisotopic (exact) mass is 407 g/mol. The molecular formula is C24H29N3O3. The van der Waals surface area contributed by atoms with E-state index in [0.29, 0.717) is 0 Å². The second-order valence-electron chi connectivity index (χ2n) is 7.59. The molecule has 2 aromatic carbocycles. The largest absolute Gasteiger partial charge is 0.493 e. The number of aromatic amines is 1. The van der Waals surface area contributed by atoms with E-state index in [1.54, 1.807) is 14.2 Å². The number of aromatic nitrogens is 2. The first-order valence-electron chi connectivity index (χ1n) is 10.4. The molecule has 1 aliphatic rings. The highest BCUT2D eigenvalue weighted by Gasteiger charge is 2.22. The van der Waals surface area contributed by atoms with E-state index >= 15 is 0 Å². The summed E-state index contributed by atoms with van der Waals surface area (Å²) in [5.41, 5.74) is 4.47. The minimum absolute atomic E-state index is 0.258. The minimum Gasteiger partial charge on any atom is -0.493 e. The zero-order chi connectivity index (χ0) is 20.8. The molecule has 1 unspecified atom stereocenters. The van der Waals surface area contributed by atoms with Crippen molar-refractivity contribution >= 4 is 0 Å². The van der Waals surface area contributed by atoms with Crippen molar-refractivity contribution in [2.24, 2.45) is 0 Å². The van der Waals surface area contributed by atoms with Crippen LogP contribution in [0.1, 0.15) is 24.0 Å². The smallest absolute Gasteiger partial charge is 0.165 e. The maximum Gasteiger partial charge on any atom is 0.165 e. The van der Waals surface area contributed by atoms with Gasteiger partial charge in [-0.15, -0.1) is 0 Å². The molecule has 158 valence electrons. The van der Waals surface area contributed by atoms with E-state index in [2.05, 4.69) is 33.3 Å². The molecule has 0 aliphatic carbocycles. The molecule has 1 aromatic heterocycles. The van der Waals surface area contributed by atoms with Crippen LogP contribution >= 0.6 is 0 Å². The fourth-order valence-corrected chi connectivity index (χ4v) is 4.11. The third-order valence-corrected chi connectivity index (χ3v) is 5.54. The summed E-state index contributed by atoms with van der Waals surface area (Å²) in [6.07, 6.45) is 4.41. The van der Waals surface area contributed by atoms with Crippen molar-refractivity contribution in [3.8, 4) is 22.8 Å². The average Bonchev–Trinajstić information content (AvgIpc) is 3.46. The van der Waals surface area contributed by atoms with E-state index in [9.17, 15) is 0 Å². The molecule has 1 saturated heterocycles. The lowest BCUT2D eigenvalue weighted by atomic mass is 10.1. The van der Waals surface area contributed by atoms with Gasteiger partial charge in [0.15, 0.2) is 11.5 Å². The van der Waals surface area contributed by atoms with Crippen LogP contribution in [-0.2, 0) is 17.8 Å². The first kappa shape index (κ1) is 20.4. The molecule has 0 saturated carbocycles. The number of nitrogens with one attached hydrogen (secondary N) is 1. The molecule has 1 atom stereocenters. The van der Waals surface area contributed by atoms with E-state index in [1.807, 2.05) is 36.5 Å². The Labute approximate surface area is 177 Å². The van der Waals surface area contributed by atoms with Crippen LogP contribution in [0.2, 0.25) is 0 Å². The Bertz CT molecular complexity index is 936. The van der Waals surface area contributed by atoms with E-state index < -0.39 is 0 Å². The van der Waals surface area contributed by atoms with Crippen molar-refractivity contribution in [3.63, 3.8) is 0 Å². The van der Waals surface area contributed by atoms with E-state index in [0.717, 1.165) is 67.4 Å². The Balaban J connectivity index is 1.59. The van der Waals surface area contributed by atoms with Crippen molar-refractivity contribution in [3.05, 3.63) is 65.9 Å². The maximum absolute atomic E-state index is 5.94. The lowest BCUT2D eigenvalue weighted by Crippen LogP contribution is -2.31. The number of nitrogens with zero attached hydrogens (tertiary/aromatic N) is 2. The number of ether oxygens (including phenoxy) is 3. The van der Waals surface area contributed by atoms with Crippen LogP contribution in [-0.4, -0.2) is 48.6 Å². The summed E-state index contributed by atoms with van der Waals surface area (Å²) in [7, 11) is 3.36. The number of hydrogen-bond donors (Lipinski definition) is 1. The Morgan fingerprint density at radius 2 is 1.87 bits per heavy atom. The first-order valence-corrected chi connectivity index (χ1v) is 10.4. The predicted molar refractivity (Wildman–Crippen MR) is 117 cm³/mol. The number of H-pyrrole nitrogens is 1. The lowest BCUT2D eigenvalue weighted by molar-refractivity contribution is 0.0676. The normalized spacial score (nSPS) is 16.2. The molecule has 0 radical (unpaired) electrons. The fourth-order valence-electron chi connectivity index (χ4n) is 4.11. The second kappa shape index (κ2) is 9.78. The Hall–Kier alpha value is -2.83. The van der Waals surface area contributed by atoms with Crippen LogP contribution in [0.4, 0.5) is 0 Å².